The average molecular weight is 492 g/mol. The molecule has 3 N–H and O–H groups in total. The van der Waals surface area contributed by atoms with Crippen molar-refractivity contribution in [3.8, 4) is 16.3 Å². The first-order chi connectivity index (χ1) is 16.4. The molecule has 34 heavy (non-hydrogen) atoms. The summed E-state index contributed by atoms with van der Waals surface area (Å²) < 4.78 is 1.07. The van der Waals surface area contributed by atoms with Gasteiger partial charge in [-0.15, -0.1) is 11.3 Å². The van der Waals surface area contributed by atoms with Gasteiger partial charge in [0.2, 0.25) is 5.91 Å². The number of nitrogens with zero attached hydrogens (tertiary/aromatic N) is 1. The van der Waals surface area contributed by atoms with E-state index in [0.29, 0.717) is 17.1 Å². The number of phenols is 1. The van der Waals surface area contributed by atoms with E-state index in [1.54, 1.807) is 11.3 Å². The van der Waals surface area contributed by atoms with Crippen LogP contribution in [0.15, 0.2) is 36.4 Å². The molecule has 0 spiro atoms. The lowest BCUT2D eigenvalue weighted by Gasteiger charge is -2.56. The minimum Gasteiger partial charge on any atom is -0.507 e. The van der Waals surface area contributed by atoms with Crippen molar-refractivity contribution in [3.63, 3.8) is 0 Å². The van der Waals surface area contributed by atoms with Crippen molar-refractivity contribution in [2.75, 3.05) is 5.32 Å². The van der Waals surface area contributed by atoms with Gasteiger partial charge >= 0.3 is 0 Å². The third kappa shape index (κ3) is 4.09. The quantitative estimate of drug-likeness (QED) is 0.291. The van der Waals surface area contributed by atoms with Crippen molar-refractivity contribution >= 4 is 50.5 Å². The molecule has 2 aromatic carbocycles. The fraction of sp³-hybridized carbons (Fsp3) is 0.444. The van der Waals surface area contributed by atoms with Crippen LogP contribution in [0.3, 0.4) is 0 Å². The van der Waals surface area contributed by atoms with Crippen molar-refractivity contribution in [1.82, 2.24) is 10.3 Å². The number of phenolic OH excluding ortho intramolecular Hbond substituents is 1. The van der Waals surface area contributed by atoms with Crippen LogP contribution < -0.4 is 10.6 Å². The molecule has 7 rings (SSSR count). The van der Waals surface area contributed by atoms with Crippen LogP contribution in [-0.4, -0.2) is 21.1 Å². The van der Waals surface area contributed by atoms with Gasteiger partial charge in [0.05, 0.1) is 15.8 Å². The zero-order valence-corrected chi connectivity index (χ0v) is 20.9. The number of benzene rings is 2. The van der Waals surface area contributed by atoms with Gasteiger partial charge in [-0.1, -0.05) is 12.1 Å². The Labute approximate surface area is 209 Å². The lowest BCUT2D eigenvalue weighted by Crippen LogP contribution is -2.48. The maximum atomic E-state index is 13.0. The number of carbonyl (C=O) groups excluding carboxylic acids is 1. The van der Waals surface area contributed by atoms with Gasteiger partial charge < -0.3 is 15.7 Å². The smallest absolute Gasteiger partial charge is 0.226 e. The molecule has 0 radical (unpaired) electrons. The molecule has 0 saturated heterocycles. The minimum atomic E-state index is 0.0151. The molecule has 5 nitrogen and oxygen atoms in total. The Morgan fingerprint density at radius 1 is 1.15 bits per heavy atom. The van der Waals surface area contributed by atoms with Crippen molar-refractivity contribution in [1.29, 1.82) is 0 Å². The first-order valence-corrected chi connectivity index (χ1v) is 13.4. The molecule has 4 saturated carbocycles. The van der Waals surface area contributed by atoms with Crippen molar-refractivity contribution in [3.05, 3.63) is 42.0 Å². The largest absolute Gasteiger partial charge is 0.507 e. The molecule has 7 heteroatoms. The van der Waals surface area contributed by atoms with Crippen LogP contribution in [-0.2, 0) is 4.79 Å². The standard InChI is InChI=1S/C27H29N3O2S2/c1-15-6-19(10-20(24(15)32)25-29-21-4-2-3-5-22(21)34-25)28-26(33)30-23(31)14-27-11-16-7-17(12-27)9-18(8-16)13-27/h2-6,10,16-18,32H,7-9,11-14H2,1H3,(H2,28,30,31,33). The number of fused-ring (bicyclic) bond motifs is 1. The molecular formula is C27H29N3O2S2. The Kier molecular flexibility index (Phi) is 5.37. The minimum absolute atomic E-state index is 0.0151. The third-order valence-corrected chi connectivity index (χ3v) is 9.31. The van der Waals surface area contributed by atoms with E-state index >= 15 is 0 Å². The summed E-state index contributed by atoms with van der Waals surface area (Å²) in [6.07, 6.45) is 8.30. The second-order valence-corrected chi connectivity index (χ2v) is 12.2. The summed E-state index contributed by atoms with van der Waals surface area (Å²) in [5.41, 5.74) is 3.20. The number of para-hydroxylation sites is 1. The van der Waals surface area contributed by atoms with Crippen molar-refractivity contribution < 1.29 is 9.90 Å². The fourth-order valence-corrected chi connectivity index (χ4v) is 8.40. The molecule has 0 unspecified atom stereocenters. The van der Waals surface area contributed by atoms with Gasteiger partial charge in [-0.05, 0) is 111 Å². The van der Waals surface area contributed by atoms with Crippen LogP contribution >= 0.6 is 23.6 Å². The summed E-state index contributed by atoms with van der Waals surface area (Å²) in [5, 5.41) is 17.8. The first kappa shape index (κ1) is 22.0. The number of rotatable bonds is 4. The maximum absolute atomic E-state index is 13.0. The van der Waals surface area contributed by atoms with E-state index in [2.05, 4.69) is 15.6 Å². The Morgan fingerprint density at radius 3 is 2.50 bits per heavy atom. The van der Waals surface area contributed by atoms with Crippen LogP contribution in [0.2, 0.25) is 0 Å². The van der Waals surface area contributed by atoms with Gasteiger partial charge in [-0.2, -0.15) is 0 Å². The third-order valence-electron chi connectivity index (χ3n) is 8.04. The summed E-state index contributed by atoms with van der Waals surface area (Å²) in [6.45, 7) is 1.85. The van der Waals surface area contributed by atoms with Crippen LogP contribution in [0.25, 0.3) is 20.8 Å². The van der Waals surface area contributed by atoms with E-state index in [0.717, 1.165) is 44.2 Å². The molecule has 4 bridgehead atoms. The molecule has 176 valence electrons. The van der Waals surface area contributed by atoms with E-state index in [4.69, 9.17) is 12.2 Å². The molecule has 4 aliphatic rings. The molecule has 1 aromatic heterocycles. The van der Waals surface area contributed by atoms with E-state index in [-0.39, 0.29) is 17.1 Å². The SMILES string of the molecule is Cc1cc(NC(=S)NC(=O)CC23CC4CC(CC(C4)C2)C3)cc(-c2nc3ccccc3s2)c1O. The summed E-state index contributed by atoms with van der Waals surface area (Å²) in [7, 11) is 0. The van der Waals surface area contributed by atoms with Gasteiger partial charge in [-0.3, -0.25) is 4.79 Å². The summed E-state index contributed by atoms with van der Waals surface area (Å²) in [5.74, 6) is 2.70. The van der Waals surface area contributed by atoms with Crippen LogP contribution in [0.1, 0.15) is 50.5 Å². The zero-order chi connectivity index (χ0) is 23.4. The summed E-state index contributed by atoms with van der Waals surface area (Å²) >= 11 is 7.03. The number of aromatic hydroxyl groups is 1. The zero-order valence-electron chi connectivity index (χ0n) is 19.3. The number of hydrogen-bond acceptors (Lipinski definition) is 5. The number of thiocarbonyl (C=S) groups is 1. The van der Waals surface area contributed by atoms with Crippen LogP contribution in [0, 0.1) is 30.1 Å². The highest BCUT2D eigenvalue weighted by molar-refractivity contribution is 7.80. The molecular weight excluding hydrogens is 462 g/mol. The van der Waals surface area contributed by atoms with Gasteiger partial charge in [-0.25, -0.2) is 4.98 Å². The summed E-state index contributed by atoms with van der Waals surface area (Å²) in [4.78, 5) is 17.6. The number of thiazole rings is 1. The Balaban J connectivity index is 1.15. The monoisotopic (exact) mass is 491 g/mol. The fourth-order valence-electron chi connectivity index (χ4n) is 7.18. The maximum Gasteiger partial charge on any atom is 0.226 e. The molecule has 4 fully saturated rings. The van der Waals surface area contributed by atoms with E-state index < -0.39 is 0 Å². The van der Waals surface area contributed by atoms with E-state index in [9.17, 15) is 9.90 Å². The van der Waals surface area contributed by atoms with Gasteiger partial charge in [0.25, 0.3) is 0 Å². The second kappa shape index (κ2) is 8.31. The molecule has 4 aliphatic carbocycles. The summed E-state index contributed by atoms with van der Waals surface area (Å²) in [6, 6.07) is 11.6. The first-order valence-electron chi connectivity index (χ1n) is 12.2. The highest BCUT2D eigenvalue weighted by Gasteiger charge is 2.51. The predicted octanol–water partition coefficient (Wildman–Crippen LogP) is 6.40. The number of aryl methyl sites for hydroxylation is 1. The molecule has 0 atom stereocenters. The predicted molar refractivity (Wildman–Crippen MR) is 141 cm³/mol. The second-order valence-electron chi connectivity index (χ2n) is 10.8. The van der Waals surface area contributed by atoms with Crippen LogP contribution in [0.5, 0.6) is 5.75 Å². The number of nitrogens with one attached hydrogen (secondary N) is 2. The normalized spacial score (nSPS) is 27.1. The number of aromatic nitrogens is 1. The van der Waals surface area contributed by atoms with Gasteiger partial charge in [0.15, 0.2) is 5.11 Å². The topological polar surface area (TPSA) is 74.2 Å². The molecule has 1 amide bonds. The van der Waals surface area contributed by atoms with Gasteiger partial charge in [0.1, 0.15) is 10.8 Å². The number of carbonyl (C=O) groups is 1. The van der Waals surface area contributed by atoms with E-state index in [1.807, 2.05) is 43.3 Å². The van der Waals surface area contributed by atoms with Crippen molar-refractivity contribution in [2.45, 2.75) is 51.9 Å². The average Bonchev–Trinajstić information content (AvgIpc) is 3.18. The highest BCUT2D eigenvalue weighted by atomic mass is 32.1. The Morgan fingerprint density at radius 2 is 1.82 bits per heavy atom. The molecule has 1 heterocycles. The number of amides is 1. The van der Waals surface area contributed by atoms with Crippen LogP contribution in [0.4, 0.5) is 5.69 Å². The highest BCUT2D eigenvalue weighted by Crippen LogP contribution is 2.61. The Hall–Kier alpha value is -2.51. The lowest BCUT2D eigenvalue weighted by atomic mass is 9.49. The lowest BCUT2D eigenvalue weighted by molar-refractivity contribution is -0.127. The van der Waals surface area contributed by atoms with E-state index in [1.165, 1.54) is 38.5 Å². The van der Waals surface area contributed by atoms with Crippen molar-refractivity contribution in [2.24, 2.45) is 23.2 Å². The Bertz CT molecular complexity index is 1230. The number of anilines is 1. The van der Waals surface area contributed by atoms with Gasteiger partial charge in [0, 0.05) is 12.1 Å². The molecule has 3 aromatic rings. The molecule has 0 aliphatic heterocycles. The number of hydrogen-bond donors (Lipinski definition) is 3.